The Bertz CT molecular complexity index is 1380. The van der Waals surface area contributed by atoms with Crippen LogP contribution in [0.15, 0.2) is 16.7 Å². The fourth-order valence-electron chi connectivity index (χ4n) is 2.29. The van der Waals surface area contributed by atoms with Gasteiger partial charge in [0.25, 0.3) is 5.78 Å². The summed E-state index contributed by atoms with van der Waals surface area (Å²) in [7, 11) is 0. The average molecular weight is 675 g/mol. The largest absolute Gasteiger partial charge is 0.476 e. The summed E-state index contributed by atoms with van der Waals surface area (Å²) in [5, 5.41) is 24.0. The number of carbonyl (C=O) groups excluding carboxylic acids is 3. The second kappa shape index (κ2) is 16.5. The van der Waals surface area contributed by atoms with Gasteiger partial charge in [-0.25, -0.2) is 35.0 Å². The van der Waals surface area contributed by atoms with E-state index >= 15 is 0 Å². The Hall–Kier alpha value is -3.80. The SMILES string of the molecule is CC(C)(C)OC(=O)C(C)(C)ON.Cc1nc(/C(=N/OC(C)(C)C(=O)OC(C)(C)C)C(=O)O)cs1.Cc1ncc(C(=O)C(=O)O)s1. The molecule has 0 aliphatic rings. The molecule has 2 aromatic rings. The number of aliphatic carboxylic acids is 2. The first-order valence-electron chi connectivity index (χ1n) is 13.2. The molecule has 0 saturated carbocycles. The smallest absolute Gasteiger partial charge is 0.378 e. The third-order valence-electron chi connectivity index (χ3n) is 4.54. The number of rotatable bonds is 9. The molecule has 0 fully saturated rings. The van der Waals surface area contributed by atoms with Gasteiger partial charge in [-0.3, -0.25) is 9.63 Å². The minimum absolute atomic E-state index is 0.176. The van der Waals surface area contributed by atoms with Crippen LogP contribution in [-0.2, 0) is 38.3 Å². The van der Waals surface area contributed by atoms with Crippen molar-refractivity contribution >= 4 is 58.0 Å². The van der Waals surface area contributed by atoms with Crippen LogP contribution in [0, 0.1) is 13.8 Å². The molecule has 2 aromatic heterocycles. The Balaban J connectivity index is 0.000000710. The zero-order chi connectivity index (χ0) is 35.6. The van der Waals surface area contributed by atoms with Crippen molar-refractivity contribution in [1.82, 2.24) is 9.97 Å². The van der Waals surface area contributed by atoms with Crippen LogP contribution in [0.1, 0.15) is 94.6 Å². The van der Waals surface area contributed by atoms with Gasteiger partial charge in [-0.15, -0.1) is 22.7 Å². The lowest BCUT2D eigenvalue weighted by atomic mass is 10.1. The summed E-state index contributed by atoms with van der Waals surface area (Å²) in [5.74, 6) is 0.212. The van der Waals surface area contributed by atoms with Crippen molar-refractivity contribution in [1.29, 1.82) is 0 Å². The maximum atomic E-state index is 12.0. The van der Waals surface area contributed by atoms with Crippen LogP contribution in [0.25, 0.3) is 0 Å². The number of aryl methyl sites for hydroxylation is 2. The van der Waals surface area contributed by atoms with E-state index in [4.69, 9.17) is 25.3 Å². The number of nitrogens with zero attached hydrogens (tertiary/aromatic N) is 3. The molecule has 2 rings (SSSR count). The van der Waals surface area contributed by atoms with Crippen molar-refractivity contribution in [3.8, 4) is 0 Å². The molecule has 0 aliphatic heterocycles. The van der Waals surface area contributed by atoms with Crippen molar-refractivity contribution in [3.05, 3.63) is 32.2 Å². The molecular weight excluding hydrogens is 632 g/mol. The van der Waals surface area contributed by atoms with Gasteiger partial charge in [-0.05, 0) is 83.1 Å². The number of oxime groups is 1. The lowest BCUT2D eigenvalue weighted by Crippen LogP contribution is -2.42. The van der Waals surface area contributed by atoms with E-state index in [1.165, 1.54) is 31.4 Å². The quantitative estimate of drug-likeness (QED) is 0.112. The zero-order valence-electron chi connectivity index (χ0n) is 27.5. The van der Waals surface area contributed by atoms with E-state index in [1.54, 1.807) is 74.6 Å². The number of Topliss-reactive ketones (excluding diaryl/α,β-unsaturated/α-hetero) is 1. The number of thiazole rings is 2. The van der Waals surface area contributed by atoms with Gasteiger partial charge < -0.3 is 24.5 Å². The summed E-state index contributed by atoms with van der Waals surface area (Å²) in [5.41, 5.74) is -3.85. The maximum Gasteiger partial charge on any atom is 0.378 e. The topological polar surface area (TPSA) is 227 Å². The number of hydrogen-bond acceptors (Lipinski definition) is 15. The van der Waals surface area contributed by atoms with Gasteiger partial charge in [0, 0.05) is 11.6 Å². The number of carboxylic acids is 2. The Kier molecular flexibility index (Phi) is 15.1. The van der Waals surface area contributed by atoms with Crippen molar-refractivity contribution in [2.75, 3.05) is 0 Å². The summed E-state index contributed by atoms with van der Waals surface area (Å²) < 4.78 is 10.3. The molecule has 0 amide bonds. The second-order valence-corrected chi connectivity index (χ2v) is 14.4. The lowest BCUT2D eigenvalue weighted by molar-refractivity contribution is -0.180. The number of esters is 2. The van der Waals surface area contributed by atoms with Gasteiger partial charge in [0.2, 0.25) is 11.3 Å². The third-order valence-corrected chi connectivity index (χ3v) is 6.23. The highest BCUT2D eigenvalue weighted by molar-refractivity contribution is 7.14. The monoisotopic (exact) mass is 674 g/mol. The number of carboxylic acid groups (broad SMARTS) is 2. The third kappa shape index (κ3) is 15.7. The van der Waals surface area contributed by atoms with Crippen LogP contribution in [0.3, 0.4) is 0 Å². The van der Waals surface area contributed by atoms with Gasteiger partial charge in [0.05, 0.1) is 10.0 Å². The molecular formula is C28H42N4O11S2. The number of carbonyl (C=O) groups is 5. The highest BCUT2D eigenvalue weighted by atomic mass is 32.1. The number of nitrogens with two attached hydrogens (primary N) is 1. The van der Waals surface area contributed by atoms with Crippen LogP contribution in [-0.4, -0.2) is 78.0 Å². The summed E-state index contributed by atoms with van der Waals surface area (Å²) in [6, 6.07) is 0. The van der Waals surface area contributed by atoms with E-state index in [2.05, 4.69) is 20.0 Å². The molecule has 17 heteroatoms. The van der Waals surface area contributed by atoms with E-state index in [9.17, 15) is 29.1 Å². The number of hydrogen-bond donors (Lipinski definition) is 3. The standard InChI is InChI=1S/C14H20N2O5S.C8H17NO3.C6H5NO3S/c1-8-15-9(7-22-8)10(11(17)18)16-21-14(5,6)12(19)20-13(2,3)4;1-7(2,3)11-6(10)8(4,5)12-9;1-3-7-2-4(11-3)5(8)6(9)10/h7H,1-6H3,(H,17,18);9H2,1-5H3;2H,1H3,(H,9,10)/b16-10-;;. The molecule has 252 valence electrons. The van der Waals surface area contributed by atoms with Gasteiger partial charge in [-0.1, -0.05) is 5.16 Å². The minimum atomic E-state index is -1.44. The predicted octanol–water partition coefficient (Wildman–Crippen LogP) is 4.09. The summed E-state index contributed by atoms with van der Waals surface area (Å²) >= 11 is 2.38. The van der Waals surface area contributed by atoms with Crippen molar-refractivity contribution < 1.29 is 53.3 Å². The first kappa shape index (κ1) is 41.2. The number of aromatic nitrogens is 2. The highest BCUT2D eigenvalue weighted by Crippen LogP contribution is 2.19. The van der Waals surface area contributed by atoms with E-state index < -0.39 is 52.1 Å². The molecule has 0 radical (unpaired) electrons. The van der Waals surface area contributed by atoms with E-state index in [0.29, 0.717) is 10.0 Å². The van der Waals surface area contributed by atoms with E-state index in [-0.39, 0.29) is 16.3 Å². The molecule has 15 nitrogen and oxygen atoms in total. The fourth-order valence-corrected chi connectivity index (χ4v) is 3.59. The Morgan fingerprint density at radius 1 is 0.800 bits per heavy atom. The van der Waals surface area contributed by atoms with Crippen LogP contribution >= 0.6 is 22.7 Å². The van der Waals surface area contributed by atoms with E-state index in [0.717, 1.165) is 11.3 Å². The molecule has 0 aromatic carbocycles. The lowest BCUT2D eigenvalue weighted by Gasteiger charge is -2.26. The van der Waals surface area contributed by atoms with Gasteiger partial charge in [0.1, 0.15) is 21.8 Å². The Labute approximate surface area is 269 Å². The van der Waals surface area contributed by atoms with E-state index in [1.807, 2.05) is 0 Å². The summed E-state index contributed by atoms with van der Waals surface area (Å²) in [6.07, 6.45) is 1.27. The minimum Gasteiger partial charge on any atom is -0.476 e. The number of ketones is 1. The van der Waals surface area contributed by atoms with Gasteiger partial charge in [-0.2, -0.15) is 0 Å². The maximum absolute atomic E-state index is 12.0. The predicted molar refractivity (Wildman–Crippen MR) is 166 cm³/mol. The van der Waals surface area contributed by atoms with Crippen molar-refractivity contribution in [2.45, 2.75) is 105 Å². The van der Waals surface area contributed by atoms with Crippen molar-refractivity contribution in [2.24, 2.45) is 11.1 Å². The Morgan fingerprint density at radius 3 is 1.62 bits per heavy atom. The van der Waals surface area contributed by atoms with Crippen LogP contribution in [0.4, 0.5) is 0 Å². The van der Waals surface area contributed by atoms with Gasteiger partial charge in [0.15, 0.2) is 5.60 Å². The van der Waals surface area contributed by atoms with Crippen LogP contribution < -0.4 is 5.90 Å². The fraction of sp³-hybridized carbons (Fsp3) is 0.571. The molecule has 4 N–H and O–H groups in total. The summed E-state index contributed by atoms with van der Waals surface area (Å²) in [4.78, 5) is 73.0. The molecule has 0 bridgehead atoms. The molecule has 0 spiro atoms. The second-order valence-electron chi connectivity index (χ2n) is 12.1. The molecule has 0 aliphatic carbocycles. The normalized spacial score (nSPS) is 12.1. The van der Waals surface area contributed by atoms with Crippen LogP contribution in [0.5, 0.6) is 0 Å². The molecule has 45 heavy (non-hydrogen) atoms. The number of ether oxygens (including phenoxy) is 2. The highest BCUT2D eigenvalue weighted by Gasteiger charge is 2.36. The Morgan fingerprint density at radius 2 is 1.29 bits per heavy atom. The molecule has 0 atom stereocenters. The molecule has 0 saturated heterocycles. The molecule has 2 heterocycles. The summed E-state index contributed by atoms with van der Waals surface area (Å²) in [6.45, 7) is 20.0. The van der Waals surface area contributed by atoms with Crippen LogP contribution in [0.2, 0.25) is 0 Å². The molecule has 0 unspecified atom stereocenters. The first-order chi connectivity index (χ1) is 20.2. The van der Waals surface area contributed by atoms with Gasteiger partial charge >= 0.3 is 23.9 Å². The van der Waals surface area contributed by atoms with Crippen molar-refractivity contribution in [3.63, 3.8) is 0 Å². The zero-order valence-corrected chi connectivity index (χ0v) is 29.1. The first-order valence-corrected chi connectivity index (χ1v) is 14.9. The average Bonchev–Trinajstić information content (AvgIpc) is 3.50.